The number of amides is 1. The standard InChI is InChI=1S/C19H26N4O2/c1-15-12-18(22(2)21-15)19(24)20-17(13-16-6-4-3-5-7-16)14-23-8-10-25-11-9-23/h3-7,12,17H,8-11,13-14H2,1-2H3,(H,20,24). The Morgan fingerprint density at radius 2 is 2.00 bits per heavy atom. The molecule has 1 aromatic carbocycles. The first kappa shape index (κ1) is 17.6. The Bertz CT molecular complexity index is 693. The van der Waals surface area contributed by atoms with E-state index in [0.717, 1.165) is 45.0 Å². The zero-order chi connectivity index (χ0) is 17.6. The van der Waals surface area contributed by atoms with Gasteiger partial charge in [0.25, 0.3) is 5.91 Å². The molecule has 1 N–H and O–H groups in total. The van der Waals surface area contributed by atoms with E-state index in [0.29, 0.717) is 5.69 Å². The summed E-state index contributed by atoms with van der Waals surface area (Å²) in [6, 6.07) is 12.2. The molecule has 1 unspecified atom stereocenters. The van der Waals surface area contributed by atoms with Crippen LogP contribution in [-0.4, -0.2) is 59.5 Å². The number of aromatic nitrogens is 2. The van der Waals surface area contributed by atoms with Crippen LogP contribution in [0, 0.1) is 6.92 Å². The van der Waals surface area contributed by atoms with Crippen molar-refractivity contribution in [3.05, 3.63) is 53.3 Å². The Kier molecular flexibility index (Phi) is 5.83. The number of nitrogens with zero attached hydrogens (tertiary/aromatic N) is 3. The van der Waals surface area contributed by atoms with Gasteiger partial charge in [0.1, 0.15) is 5.69 Å². The van der Waals surface area contributed by atoms with Crippen LogP contribution in [0.25, 0.3) is 0 Å². The van der Waals surface area contributed by atoms with Gasteiger partial charge in [-0.25, -0.2) is 0 Å². The van der Waals surface area contributed by atoms with E-state index in [1.165, 1.54) is 5.56 Å². The molecule has 1 atom stereocenters. The van der Waals surface area contributed by atoms with E-state index in [-0.39, 0.29) is 11.9 Å². The average Bonchev–Trinajstić information content (AvgIpc) is 2.95. The summed E-state index contributed by atoms with van der Waals surface area (Å²) in [6.07, 6.45) is 0.806. The van der Waals surface area contributed by atoms with Gasteiger partial charge in [-0.3, -0.25) is 14.4 Å². The third-order valence-corrected chi connectivity index (χ3v) is 4.48. The summed E-state index contributed by atoms with van der Waals surface area (Å²) in [5, 5.41) is 7.47. The van der Waals surface area contributed by atoms with Crippen molar-refractivity contribution in [3.8, 4) is 0 Å². The van der Waals surface area contributed by atoms with Crippen LogP contribution in [0.5, 0.6) is 0 Å². The first-order chi connectivity index (χ1) is 12.1. The number of rotatable bonds is 6. The number of nitrogens with one attached hydrogen (secondary N) is 1. The van der Waals surface area contributed by atoms with Gasteiger partial charge in [0.15, 0.2) is 0 Å². The largest absolute Gasteiger partial charge is 0.379 e. The van der Waals surface area contributed by atoms with Crippen molar-refractivity contribution in [3.63, 3.8) is 0 Å². The summed E-state index contributed by atoms with van der Waals surface area (Å²) in [7, 11) is 1.80. The number of morpholine rings is 1. The predicted molar refractivity (Wildman–Crippen MR) is 96.6 cm³/mol. The Labute approximate surface area is 148 Å². The molecule has 1 saturated heterocycles. The summed E-state index contributed by atoms with van der Waals surface area (Å²) >= 11 is 0. The number of hydrogen-bond acceptors (Lipinski definition) is 4. The normalized spacial score (nSPS) is 16.6. The molecule has 0 bridgehead atoms. The van der Waals surface area contributed by atoms with Crippen molar-refractivity contribution in [1.29, 1.82) is 0 Å². The maximum Gasteiger partial charge on any atom is 0.269 e. The first-order valence-corrected chi connectivity index (χ1v) is 8.77. The molecule has 25 heavy (non-hydrogen) atoms. The minimum absolute atomic E-state index is 0.0446. The topological polar surface area (TPSA) is 59.4 Å². The van der Waals surface area contributed by atoms with E-state index < -0.39 is 0 Å². The van der Waals surface area contributed by atoms with Crippen LogP contribution in [0.15, 0.2) is 36.4 Å². The molecule has 1 aliphatic heterocycles. The van der Waals surface area contributed by atoms with Gasteiger partial charge < -0.3 is 10.1 Å². The third kappa shape index (κ3) is 4.90. The van der Waals surface area contributed by atoms with E-state index >= 15 is 0 Å². The molecule has 1 aliphatic rings. The first-order valence-electron chi connectivity index (χ1n) is 8.77. The van der Waals surface area contributed by atoms with Gasteiger partial charge in [-0.15, -0.1) is 0 Å². The van der Waals surface area contributed by atoms with Gasteiger partial charge in [-0.2, -0.15) is 5.10 Å². The van der Waals surface area contributed by atoms with Gasteiger partial charge in [0, 0.05) is 32.7 Å². The van der Waals surface area contributed by atoms with Crippen molar-refractivity contribution < 1.29 is 9.53 Å². The average molecular weight is 342 g/mol. The van der Waals surface area contributed by atoms with Crippen LogP contribution >= 0.6 is 0 Å². The lowest BCUT2D eigenvalue weighted by Gasteiger charge is -2.31. The van der Waals surface area contributed by atoms with Crippen molar-refractivity contribution in [2.24, 2.45) is 7.05 Å². The van der Waals surface area contributed by atoms with Gasteiger partial charge in [0.2, 0.25) is 0 Å². The van der Waals surface area contributed by atoms with Crippen molar-refractivity contribution in [1.82, 2.24) is 20.0 Å². The fourth-order valence-corrected chi connectivity index (χ4v) is 3.24. The van der Waals surface area contributed by atoms with Crippen LogP contribution < -0.4 is 5.32 Å². The molecule has 2 heterocycles. The zero-order valence-electron chi connectivity index (χ0n) is 14.9. The second-order valence-corrected chi connectivity index (χ2v) is 6.57. The lowest BCUT2D eigenvalue weighted by Crippen LogP contribution is -2.48. The van der Waals surface area contributed by atoms with Crippen molar-refractivity contribution in [2.75, 3.05) is 32.8 Å². The molecule has 6 heteroatoms. The van der Waals surface area contributed by atoms with Crippen molar-refractivity contribution >= 4 is 5.91 Å². The smallest absolute Gasteiger partial charge is 0.269 e. The molecule has 1 amide bonds. The van der Waals surface area contributed by atoms with Crippen LogP contribution in [0.3, 0.4) is 0 Å². The molecule has 1 fully saturated rings. The highest BCUT2D eigenvalue weighted by molar-refractivity contribution is 5.92. The molecule has 3 rings (SSSR count). The quantitative estimate of drug-likeness (QED) is 0.862. The monoisotopic (exact) mass is 342 g/mol. The molecule has 134 valence electrons. The molecule has 0 saturated carbocycles. The van der Waals surface area contributed by atoms with Crippen LogP contribution in [0.1, 0.15) is 21.7 Å². The van der Waals surface area contributed by atoms with Crippen molar-refractivity contribution in [2.45, 2.75) is 19.4 Å². The second-order valence-electron chi connectivity index (χ2n) is 6.57. The summed E-state index contributed by atoms with van der Waals surface area (Å²) in [6.45, 7) is 6.05. The molecule has 0 radical (unpaired) electrons. The molecule has 1 aromatic heterocycles. The molecule has 0 spiro atoms. The number of hydrogen-bond donors (Lipinski definition) is 1. The molecule has 6 nitrogen and oxygen atoms in total. The van der Waals surface area contributed by atoms with Gasteiger partial charge >= 0.3 is 0 Å². The van der Waals surface area contributed by atoms with Gasteiger partial charge in [-0.05, 0) is 25.0 Å². The number of ether oxygens (including phenoxy) is 1. The molecular formula is C19H26N4O2. The fraction of sp³-hybridized carbons (Fsp3) is 0.474. The van der Waals surface area contributed by atoms with Crippen LogP contribution in [0.4, 0.5) is 0 Å². The Balaban J connectivity index is 1.70. The van der Waals surface area contributed by atoms with E-state index in [2.05, 4.69) is 27.4 Å². The fourth-order valence-electron chi connectivity index (χ4n) is 3.24. The number of carbonyl (C=O) groups excluding carboxylic acids is 1. The zero-order valence-corrected chi connectivity index (χ0v) is 14.9. The summed E-state index contributed by atoms with van der Waals surface area (Å²) < 4.78 is 7.07. The number of benzene rings is 1. The lowest BCUT2D eigenvalue weighted by atomic mass is 10.0. The van der Waals surface area contributed by atoms with Crippen LogP contribution in [0.2, 0.25) is 0 Å². The molecule has 0 aliphatic carbocycles. The summed E-state index contributed by atoms with van der Waals surface area (Å²) in [4.78, 5) is 15.1. The lowest BCUT2D eigenvalue weighted by molar-refractivity contribution is 0.0333. The Morgan fingerprint density at radius 1 is 1.28 bits per heavy atom. The summed E-state index contributed by atoms with van der Waals surface area (Å²) in [5.41, 5.74) is 2.67. The van der Waals surface area contributed by atoms with E-state index in [1.54, 1.807) is 11.7 Å². The van der Waals surface area contributed by atoms with Crippen LogP contribution in [-0.2, 0) is 18.2 Å². The second kappa shape index (κ2) is 8.27. The molecule has 2 aromatic rings. The van der Waals surface area contributed by atoms with E-state index in [4.69, 9.17) is 4.74 Å². The Hall–Kier alpha value is -2.18. The predicted octanol–water partition coefficient (Wildman–Crippen LogP) is 1.40. The highest BCUT2D eigenvalue weighted by Crippen LogP contribution is 2.09. The number of carbonyl (C=O) groups is 1. The Morgan fingerprint density at radius 3 is 2.64 bits per heavy atom. The number of aryl methyl sites for hydroxylation is 2. The van der Waals surface area contributed by atoms with E-state index in [9.17, 15) is 4.79 Å². The highest BCUT2D eigenvalue weighted by Gasteiger charge is 2.21. The minimum Gasteiger partial charge on any atom is -0.379 e. The van der Waals surface area contributed by atoms with E-state index in [1.807, 2.05) is 31.2 Å². The summed E-state index contributed by atoms with van der Waals surface area (Å²) in [5.74, 6) is -0.0720. The SMILES string of the molecule is Cc1cc(C(=O)NC(Cc2ccccc2)CN2CCOCC2)n(C)n1. The minimum atomic E-state index is -0.0720. The highest BCUT2D eigenvalue weighted by atomic mass is 16.5. The van der Waals surface area contributed by atoms with Gasteiger partial charge in [0.05, 0.1) is 18.9 Å². The third-order valence-electron chi connectivity index (χ3n) is 4.48. The van der Waals surface area contributed by atoms with Gasteiger partial charge in [-0.1, -0.05) is 30.3 Å². The molecular weight excluding hydrogens is 316 g/mol. The maximum absolute atomic E-state index is 12.7. The maximum atomic E-state index is 12.7.